The van der Waals surface area contributed by atoms with Gasteiger partial charge in [-0.25, -0.2) is 0 Å². The molecule has 0 aliphatic heterocycles. The van der Waals surface area contributed by atoms with Gasteiger partial charge in [0.25, 0.3) is 0 Å². The first-order chi connectivity index (χ1) is 6.02. The number of hydrogen-bond acceptors (Lipinski definition) is 4. The lowest BCUT2D eigenvalue weighted by Gasteiger charge is -2.23. The maximum absolute atomic E-state index is 11.1. The minimum absolute atomic E-state index is 0.0762. The van der Waals surface area contributed by atoms with Gasteiger partial charge in [0.05, 0.1) is 13.7 Å². The smallest absolute Gasteiger partial charge is 0.322 e. The Morgan fingerprint density at radius 2 is 2.08 bits per heavy atom. The predicted octanol–water partition coefficient (Wildman–Crippen LogP) is -0.645. The zero-order chi connectivity index (χ0) is 10.4. The summed E-state index contributed by atoms with van der Waals surface area (Å²) in [5.74, 6) is -0.805. The van der Waals surface area contributed by atoms with Crippen LogP contribution in [0.3, 0.4) is 0 Å². The standard InChI is InChI=1S/C8H16N2O3/c1-4-10(5-7(9)11)6(2)8(12)13-3/h6H,4-5H2,1-3H3,(H2,9,11). The third kappa shape index (κ3) is 3.89. The first-order valence-corrected chi connectivity index (χ1v) is 4.13. The topological polar surface area (TPSA) is 72.6 Å². The van der Waals surface area contributed by atoms with Crippen molar-refractivity contribution in [1.82, 2.24) is 4.90 Å². The van der Waals surface area contributed by atoms with Crippen LogP contribution in [-0.4, -0.2) is 43.0 Å². The van der Waals surface area contributed by atoms with E-state index in [1.807, 2.05) is 6.92 Å². The van der Waals surface area contributed by atoms with Gasteiger partial charge in [-0.2, -0.15) is 0 Å². The van der Waals surface area contributed by atoms with Crippen molar-refractivity contribution >= 4 is 11.9 Å². The van der Waals surface area contributed by atoms with Crippen molar-refractivity contribution in [2.75, 3.05) is 20.2 Å². The molecule has 0 aliphatic rings. The fraction of sp³-hybridized carbons (Fsp3) is 0.750. The highest BCUT2D eigenvalue weighted by Crippen LogP contribution is 1.99. The Morgan fingerprint density at radius 1 is 1.54 bits per heavy atom. The number of likely N-dealkylation sites (N-methyl/N-ethyl adjacent to an activating group) is 1. The number of nitrogens with zero attached hydrogens (tertiary/aromatic N) is 1. The van der Waals surface area contributed by atoms with E-state index in [0.717, 1.165) is 0 Å². The Morgan fingerprint density at radius 3 is 2.38 bits per heavy atom. The Bertz CT molecular complexity index is 194. The maximum Gasteiger partial charge on any atom is 0.322 e. The normalized spacial score (nSPS) is 12.6. The molecule has 13 heavy (non-hydrogen) atoms. The molecule has 0 aliphatic carbocycles. The van der Waals surface area contributed by atoms with Gasteiger partial charge in [-0.05, 0) is 13.5 Å². The number of rotatable bonds is 5. The van der Waals surface area contributed by atoms with E-state index >= 15 is 0 Å². The van der Waals surface area contributed by atoms with Crippen LogP contribution in [-0.2, 0) is 14.3 Å². The number of ether oxygens (including phenoxy) is 1. The molecule has 0 aromatic rings. The summed E-state index contributed by atoms with van der Waals surface area (Å²) < 4.78 is 4.54. The lowest BCUT2D eigenvalue weighted by atomic mass is 10.3. The average molecular weight is 188 g/mol. The molecule has 1 atom stereocenters. The van der Waals surface area contributed by atoms with Gasteiger partial charge in [-0.15, -0.1) is 0 Å². The fourth-order valence-electron chi connectivity index (χ4n) is 1.04. The van der Waals surface area contributed by atoms with Gasteiger partial charge in [-0.3, -0.25) is 14.5 Å². The van der Waals surface area contributed by atoms with Crippen molar-refractivity contribution < 1.29 is 14.3 Å². The van der Waals surface area contributed by atoms with Crippen LogP contribution in [0.2, 0.25) is 0 Å². The van der Waals surface area contributed by atoms with E-state index in [0.29, 0.717) is 6.54 Å². The number of carbonyl (C=O) groups excluding carboxylic acids is 2. The monoisotopic (exact) mass is 188 g/mol. The van der Waals surface area contributed by atoms with Crippen LogP contribution in [0.25, 0.3) is 0 Å². The predicted molar refractivity (Wildman–Crippen MR) is 47.9 cm³/mol. The van der Waals surface area contributed by atoms with Crippen LogP contribution < -0.4 is 5.73 Å². The summed E-state index contributed by atoms with van der Waals surface area (Å²) in [5.41, 5.74) is 5.02. The summed E-state index contributed by atoms with van der Waals surface area (Å²) in [6, 6.07) is -0.428. The molecule has 0 heterocycles. The fourth-order valence-corrected chi connectivity index (χ4v) is 1.04. The molecule has 0 spiro atoms. The molecule has 0 saturated carbocycles. The average Bonchev–Trinajstić information content (AvgIpc) is 2.11. The summed E-state index contributed by atoms with van der Waals surface area (Å²) >= 11 is 0. The van der Waals surface area contributed by atoms with Crippen molar-refractivity contribution in [3.63, 3.8) is 0 Å². The quantitative estimate of drug-likeness (QED) is 0.582. The SMILES string of the molecule is CCN(CC(N)=O)C(C)C(=O)OC. The lowest BCUT2D eigenvalue weighted by Crippen LogP contribution is -2.44. The Balaban J connectivity index is 4.22. The summed E-state index contributed by atoms with van der Waals surface area (Å²) in [6.45, 7) is 4.19. The number of nitrogens with two attached hydrogens (primary N) is 1. The van der Waals surface area contributed by atoms with E-state index in [-0.39, 0.29) is 12.5 Å². The van der Waals surface area contributed by atoms with Crippen molar-refractivity contribution in [2.24, 2.45) is 5.73 Å². The van der Waals surface area contributed by atoms with Crippen molar-refractivity contribution in [1.29, 1.82) is 0 Å². The molecule has 5 nitrogen and oxygen atoms in total. The number of primary amides is 1. The molecule has 0 fully saturated rings. The lowest BCUT2D eigenvalue weighted by molar-refractivity contribution is -0.146. The van der Waals surface area contributed by atoms with Crippen LogP contribution in [0.4, 0.5) is 0 Å². The summed E-state index contributed by atoms with van der Waals surface area (Å²) in [6.07, 6.45) is 0. The Labute approximate surface area is 77.8 Å². The molecule has 0 bridgehead atoms. The molecular formula is C8H16N2O3. The van der Waals surface area contributed by atoms with Gasteiger partial charge in [-0.1, -0.05) is 6.92 Å². The summed E-state index contributed by atoms with van der Waals surface area (Å²) in [5, 5.41) is 0. The van der Waals surface area contributed by atoms with E-state index in [1.54, 1.807) is 11.8 Å². The molecule has 0 aromatic heterocycles. The zero-order valence-corrected chi connectivity index (χ0v) is 8.24. The highest BCUT2D eigenvalue weighted by Gasteiger charge is 2.21. The van der Waals surface area contributed by atoms with Crippen LogP contribution in [0.1, 0.15) is 13.8 Å². The second-order valence-electron chi connectivity index (χ2n) is 2.73. The molecule has 0 saturated heterocycles. The summed E-state index contributed by atoms with van der Waals surface area (Å²) in [7, 11) is 1.32. The molecule has 2 N–H and O–H groups in total. The van der Waals surface area contributed by atoms with Crippen molar-refractivity contribution in [2.45, 2.75) is 19.9 Å². The third-order valence-electron chi connectivity index (χ3n) is 1.86. The molecule has 0 rings (SSSR count). The minimum atomic E-state index is -0.447. The van der Waals surface area contributed by atoms with Gasteiger partial charge < -0.3 is 10.5 Å². The highest BCUT2D eigenvalue weighted by atomic mass is 16.5. The van der Waals surface area contributed by atoms with Gasteiger partial charge in [0.15, 0.2) is 0 Å². The Kier molecular flexibility index (Phi) is 5.06. The molecular weight excluding hydrogens is 172 g/mol. The molecule has 5 heteroatoms. The number of hydrogen-bond donors (Lipinski definition) is 1. The molecule has 0 aromatic carbocycles. The van der Waals surface area contributed by atoms with Gasteiger partial charge in [0, 0.05) is 0 Å². The van der Waals surface area contributed by atoms with E-state index in [2.05, 4.69) is 4.74 Å². The number of amides is 1. The van der Waals surface area contributed by atoms with E-state index in [1.165, 1.54) is 7.11 Å². The first-order valence-electron chi connectivity index (χ1n) is 4.13. The molecule has 1 amide bonds. The second kappa shape index (κ2) is 5.53. The highest BCUT2D eigenvalue weighted by molar-refractivity contribution is 5.79. The summed E-state index contributed by atoms with van der Waals surface area (Å²) in [4.78, 5) is 23.3. The minimum Gasteiger partial charge on any atom is -0.468 e. The largest absolute Gasteiger partial charge is 0.468 e. The molecule has 0 radical (unpaired) electrons. The third-order valence-corrected chi connectivity index (χ3v) is 1.86. The number of methoxy groups -OCH3 is 1. The van der Waals surface area contributed by atoms with Crippen LogP contribution in [0, 0.1) is 0 Å². The number of esters is 1. The van der Waals surface area contributed by atoms with Crippen LogP contribution in [0.15, 0.2) is 0 Å². The van der Waals surface area contributed by atoms with E-state index in [4.69, 9.17) is 5.73 Å². The second-order valence-corrected chi connectivity index (χ2v) is 2.73. The van der Waals surface area contributed by atoms with E-state index in [9.17, 15) is 9.59 Å². The van der Waals surface area contributed by atoms with Gasteiger partial charge in [0.1, 0.15) is 6.04 Å². The molecule has 76 valence electrons. The zero-order valence-electron chi connectivity index (χ0n) is 8.24. The van der Waals surface area contributed by atoms with Gasteiger partial charge in [0.2, 0.25) is 5.91 Å². The van der Waals surface area contributed by atoms with Crippen LogP contribution in [0.5, 0.6) is 0 Å². The first kappa shape index (κ1) is 11.9. The maximum atomic E-state index is 11.1. The van der Waals surface area contributed by atoms with Crippen LogP contribution >= 0.6 is 0 Å². The van der Waals surface area contributed by atoms with E-state index < -0.39 is 11.9 Å². The molecule has 1 unspecified atom stereocenters. The Hall–Kier alpha value is -1.10. The number of carbonyl (C=O) groups is 2. The van der Waals surface area contributed by atoms with Gasteiger partial charge >= 0.3 is 5.97 Å². The van der Waals surface area contributed by atoms with Crippen molar-refractivity contribution in [3.8, 4) is 0 Å². The van der Waals surface area contributed by atoms with Crippen molar-refractivity contribution in [3.05, 3.63) is 0 Å².